The van der Waals surface area contributed by atoms with Gasteiger partial charge in [-0.25, -0.2) is 0 Å². The van der Waals surface area contributed by atoms with Crippen LogP contribution in [0.1, 0.15) is 37.0 Å². The van der Waals surface area contributed by atoms with E-state index in [-0.39, 0.29) is 11.9 Å². The summed E-state index contributed by atoms with van der Waals surface area (Å²) in [6.07, 6.45) is 3.39. The summed E-state index contributed by atoms with van der Waals surface area (Å²) in [6.45, 7) is 6.69. The molecule has 144 valence electrons. The Labute approximate surface area is 170 Å². The average Bonchev–Trinajstić information content (AvgIpc) is 3.22. The molecular formula is C23H23ClN2O2. The van der Waals surface area contributed by atoms with Gasteiger partial charge in [-0.3, -0.25) is 14.7 Å². The molecule has 2 heterocycles. The Hall–Kier alpha value is -2.59. The van der Waals surface area contributed by atoms with Crippen LogP contribution < -0.4 is 9.64 Å². The lowest BCUT2D eigenvalue weighted by atomic mass is 10.1. The maximum absolute atomic E-state index is 13.3. The minimum absolute atomic E-state index is 0.0403. The van der Waals surface area contributed by atoms with E-state index in [0.29, 0.717) is 11.4 Å². The third-order valence-corrected chi connectivity index (χ3v) is 5.44. The number of amidine groups is 1. The molecule has 0 unspecified atom stereocenters. The van der Waals surface area contributed by atoms with E-state index < -0.39 is 0 Å². The van der Waals surface area contributed by atoms with Crippen molar-refractivity contribution in [1.82, 2.24) is 0 Å². The first-order valence-corrected chi connectivity index (χ1v) is 9.94. The van der Waals surface area contributed by atoms with E-state index in [0.717, 1.165) is 47.0 Å². The molecule has 0 spiro atoms. The van der Waals surface area contributed by atoms with Crippen molar-refractivity contribution in [2.75, 3.05) is 11.5 Å². The number of amides is 1. The van der Waals surface area contributed by atoms with Crippen LogP contribution in [0, 0.1) is 6.92 Å². The fourth-order valence-electron chi connectivity index (χ4n) is 3.68. The van der Waals surface area contributed by atoms with Gasteiger partial charge in [-0.1, -0.05) is 23.7 Å². The van der Waals surface area contributed by atoms with E-state index >= 15 is 0 Å². The smallest absolute Gasteiger partial charge is 0.260 e. The number of rotatable bonds is 3. The van der Waals surface area contributed by atoms with Crippen molar-refractivity contribution in [2.45, 2.75) is 39.7 Å². The number of nitrogens with zero attached hydrogens (tertiary/aromatic N) is 2. The van der Waals surface area contributed by atoms with Crippen molar-refractivity contribution < 1.29 is 9.53 Å². The molecule has 0 saturated carbocycles. The number of carbonyl (C=O) groups excluding carboxylic acids is 1. The number of hydrogen-bond donors (Lipinski definition) is 0. The van der Waals surface area contributed by atoms with Gasteiger partial charge >= 0.3 is 0 Å². The van der Waals surface area contributed by atoms with Gasteiger partial charge in [0, 0.05) is 29.5 Å². The van der Waals surface area contributed by atoms with Gasteiger partial charge in [0.05, 0.1) is 12.3 Å². The fraction of sp³-hybridized carbons (Fsp3) is 0.304. The van der Waals surface area contributed by atoms with Crippen LogP contribution in [-0.2, 0) is 11.2 Å². The molecule has 4 nitrogen and oxygen atoms in total. The summed E-state index contributed by atoms with van der Waals surface area (Å²) in [5.41, 5.74) is 4.62. The van der Waals surface area contributed by atoms with Crippen LogP contribution in [-0.4, -0.2) is 24.4 Å². The van der Waals surface area contributed by atoms with E-state index in [1.165, 1.54) is 5.56 Å². The Morgan fingerprint density at radius 3 is 2.86 bits per heavy atom. The Morgan fingerprint density at radius 1 is 1.25 bits per heavy atom. The van der Waals surface area contributed by atoms with Gasteiger partial charge in [-0.15, -0.1) is 0 Å². The van der Waals surface area contributed by atoms with Crippen LogP contribution in [0.15, 0.2) is 47.0 Å². The number of aliphatic imine (C=N–C) groups is 1. The SMILES string of the molecule is Cc1c(Cl)cccc1N1C(=O)/C(=C/c2ccc3c(c2)CCO3)C/C1=N\C(C)C. The molecule has 1 fully saturated rings. The van der Waals surface area contributed by atoms with Gasteiger partial charge in [0.15, 0.2) is 0 Å². The summed E-state index contributed by atoms with van der Waals surface area (Å²) in [6, 6.07) is 11.8. The Morgan fingerprint density at radius 2 is 2.07 bits per heavy atom. The van der Waals surface area contributed by atoms with E-state index in [1.807, 2.05) is 57.2 Å². The Balaban J connectivity index is 1.75. The number of anilines is 1. The molecule has 0 atom stereocenters. The maximum Gasteiger partial charge on any atom is 0.260 e. The zero-order chi connectivity index (χ0) is 19.8. The largest absolute Gasteiger partial charge is 0.493 e. The van der Waals surface area contributed by atoms with Crippen LogP contribution in [0.25, 0.3) is 6.08 Å². The highest BCUT2D eigenvalue weighted by molar-refractivity contribution is 6.34. The minimum Gasteiger partial charge on any atom is -0.493 e. The highest BCUT2D eigenvalue weighted by Gasteiger charge is 2.34. The van der Waals surface area contributed by atoms with Crippen LogP contribution in [0.2, 0.25) is 5.02 Å². The molecule has 2 aliphatic heterocycles. The molecule has 4 rings (SSSR count). The van der Waals surface area contributed by atoms with Crippen molar-refractivity contribution in [3.63, 3.8) is 0 Å². The summed E-state index contributed by atoms with van der Waals surface area (Å²) in [5, 5.41) is 0.644. The molecule has 0 aliphatic carbocycles. The molecule has 1 saturated heterocycles. The first kappa shape index (κ1) is 18.8. The molecule has 0 N–H and O–H groups in total. The van der Waals surface area contributed by atoms with E-state index in [1.54, 1.807) is 4.90 Å². The molecule has 2 aliphatic rings. The van der Waals surface area contributed by atoms with Gasteiger partial charge in [0.25, 0.3) is 5.91 Å². The van der Waals surface area contributed by atoms with E-state index in [9.17, 15) is 4.79 Å². The molecular weight excluding hydrogens is 372 g/mol. The zero-order valence-electron chi connectivity index (χ0n) is 16.3. The van der Waals surface area contributed by atoms with E-state index in [4.69, 9.17) is 21.3 Å². The molecule has 5 heteroatoms. The molecule has 2 aromatic rings. The highest BCUT2D eigenvalue weighted by Crippen LogP contribution is 2.34. The number of benzene rings is 2. The Bertz CT molecular complexity index is 1010. The third-order valence-electron chi connectivity index (χ3n) is 5.03. The highest BCUT2D eigenvalue weighted by atomic mass is 35.5. The molecule has 0 aromatic heterocycles. The van der Waals surface area contributed by atoms with E-state index in [2.05, 4.69) is 6.07 Å². The summed E-state index contributed by atoms with van der Waals surface area (Å²) in [4.78, 5) is 19.7. The van der Waals surface area contributed by atoms with Gasteiger partial charge in [0.2, 0.25) is 0 Å². The lowest BCUT2D eigenvalue weighted by molar-refractivity contribution is -0.113. The standard InChI is InChI=1S/C23H23ClN2O2/c1-14(2)25-22-13-18(12-16-7-8-21-17(11-16)9-10-28-21)23(27)26(22)20-6-4-5-19(24)15(20)3/h4-8,11-12,14H,9-10,13H2,1-3H3/b18-12+,25-22+. The van der Waals surface area contributed by atoms with Crippen LogP contribution >= 0.6 is 11.6 Å². The maximum atomic E-state index is 13.3. The molecule has 2 aromatic carbocycles. The predicted molar refractivity (Wildman–Crippen MR) is 114 cm³/mol. The van der Waals surface area contributed by atoms with Gasteiger partial charge in [0.1, 0.15) is 11.6 Å². The number of carbonyl (C=O) groups is 1. The second-order valence-electron chi connectivity index (χ2n) is 7.48. The summed E-state index contributed by atoms with van der Waals surface area (Å²) < 4.78 is 5.58. The average molecular weight is 395 g/mol. The lowest BCUT2D eigenvalue weighted by Crippen LogP contribution is -2.30. The fourth-order valence-corrected chi connectivity index (χ4v) is 3.85. The van der Waals surface area contributed by atoms with Crippen molar-refractivity contribution >= 4 is 35.1 Å². The van der Waals surface area contributed by atoms with Crippen molar-refractivity contribution in [3.05, 3.63) is 63.7 Å². The van der Waals surface area contributed by atoms with Gasteiger partial charge in [-0.2, -0.15) is 0 Å². The Kier molecular flexibility index (Phi) is 4.98. The molecule has 28 heavy (non-hydrogen) atoms. The number of halogens is 1. The van der Waals surface area contributed by atoms with Crippen molar-refractivity contribution in [1.29, 1.82) is 0 Å². The summed E-state index contributed by atoms with van der Waals surface area (Å²) in [7, 11) is 0. The third kappa shape index (κ3) is 3.45. The predicted octanol–water partition coefficient (Wildman–Crippen LogP) is 5.21. The zero-order valence-corrected chi connectivity index (χ0v) is 17.1. The summed E-state index contributed by atoms with van der Waals surface area (Å²) in [5.74, 6) is 1.67. The van der Waals surface area contributed by atoms with Crippen molar-refractivity contribution in [2.24, 2.45) is 4.99 Å². The van der Waals surface area contributed by atoms with Crippen LogP contribution in [0.3, 0.4) is 0 Å². The molecule has 1 amide bonds. The topological polar surface area (TPSA) is 41.9 Å². The quantitative estimate of drug-likeness (QED) is 0.670. The summed E-state index contributed by atoms with van der Waals surface area (Å²) >= 11 is 6.31. The minimum atomic E-state index is -0.0403. The number of fused-ring (bicyclic) bond motifs is 1. The monoisotopic (exact) mass is 394 g/mol. The lowest BCUT2D eigenvalue weighted by Gasteiger charge is -2.20. The number of ether oxygens (including phenoxy) is 1. The van der Waals surface area contributed by atoms with Crippen molar-refractivity contribution in [3.8, 4) is 5.75 Å². The molecule has 0 radical (unpaired) electrons. The second-order valence-corrected chi connectivity index (χ2v) is 7.88. The first-order valence-electron chi connectivity index (χ1n) is 9.56. The second kappa shape index (κ2) is 7.44. The normalized spacial score (nSPS) is 19.0. The molecule has 0 bridgehead atoms. The van der Waals surface area contributed by atoms with Gasteiger partial charge < -0.3 is 4.74 Å². The first-order chi connectivity index (χ1) is 13.4. The van der Waals surface area contributed by atoms with Gasteiger partial charge in [-0.05, 0) is 67.8 Å². The van der Waals surface area contributed by atoms with Crippen LogP contribution in [0.5, 0.6) is 5.75 Å². The van der Waals surface area contributed by atoms with Crippen LogP contribution in [0.4, 0.5) is 5.69 Å². The number of hydrogen-bond acceptors (Lipinski definition) is 3.